The minimum Gasteiger partial charge on any atom is -0.321 e. The van der Waals surface area contributed by atoms with Gasteiger partial charge in [0.1, 0.15) is 0 Å². The van der Waals surface area contributed by atoms with E-state index in [0.29, 0.717) is 10.0 Å². The highest BCUT2D eigenvalue weighted by atomic mass is 79.9. The van der Waals surface area contributed by atoms with E-state index in [0.717, 1.165) is 31.7 Å². The van der Waals surface area contributed by atoms with Gasteiger partial charge >= 0.3 is 0 Å². The Bertz CT molecular complexity index is 400. The molecular formula is C12H14BrF2N. The highest BCUT2D eigenvalue weighted by Gasteiger charge is 2.32. The van der Waals surface area contributed by atoms with Crippen LogP contribution in [0.1, 0.15) is 37.7 Å². The van der Waals surface area contributed by atoms with Gasteiger partial charge in [-0.1, -0.05) is 35.2 Å². The third kappa shape index (κ3) is 2.13. The lowest BCUT2D eigenvalue weighted by Gasteiger charge is -2.34. The molecule has 88 valence electrons. The molecule has 1 aliphatic carbocycles. The summed E-state index contributed by atoms with van der Waals surface area (Å²) in [7, 11) is 0. The first kappa shape index (κ1) is 12.0. The summed E-state index contributed by atoms with van der Waals surface area (Å²) in [5.41, 5.74) is 6.46. The lowest BCUT2D eigenvalue weighted by molar-refractivity contribution is 0.299. The molecule has 0 heterocycles. The van der Waals surface area contributed by atoms with E-state index in [2.05, 4.69) is 15.9 Å². The van der Waals surface area contributed by atoms with Gasteiger partial charge < -0.3 is 5.73 Å². The molecule has 16 heavy (non-hydrogen) atoms. The van der Waals surface area contributed by atoms with Crippen molar-refractivity contribution in [3.8, 4) is 0 Å². The van der Waals surface area contributed by atoms with Crippen LogP contribution in [0.4, 0.5) is 8.78 Å². The fourth-order valence-corrected chi connectivity index (χ4v) is 3.07. The summed E-state index contributed by atoms with van der Waals surface area (Å²) >= 11 is 3.27. The van der Waals surface area contributed by atoms with E-state index in [1.54, 1.807) is 0 Å². The van der Waals surface area contributed by atoms with Crippen molar-refractivity contribution in [3.05, 3.63) is 33.8 Å². The molecule has 0 aromatic heterocycles. The van der Waals surface area contributed by atoms with Crippen LogP contribution in [0, 0.1) is 11.6 Å². The Morgan fingerprint density at radius 1 is 1.06 bits per heavy atom. The second-order valence-electron chi connectivity index (χ2n) is 4.46. The topological polar surface area (TPSA) is 26.0 Å². The van der Waals surface area contributed by atoms with Gasteiger partial charge in [0.2, 0.25) is 0 Å². The molecule has 2 rings (SSSR count). The van der Waals surface area contributed by atoms with Gasteiger partial charge in [-0.05, 0) is 30.5 Å². The zero-order valence-corrected chi connectivity index (χ0v) is 10.5. The van der Waals surface area contributed by atoms with E-state index in [1.165, 1.54) is 12.5 Å². The van der Waals surface area contributed by atoms with Crippen molar-refractivity contribution in [1.29, 1.82) is 0 Å². The average Bonchev–Trinajstić information content (AvgIpc) is 2.24. The van der Waals surface area contributed by atoms with Crippen LogP contribution in [-0.4, -0.2) is 0 Å². The highest BCUT2D eigenvalue weighted by molar-refractivity contribution is 9.10. The fraction of sp³-hybridized carbons (Fsp3) is 0.500. The predicted molar refractivity (Wildman–Crippen MR) is 63.0 cm³/mol. The number of halogens is 3. The molecule has 1 aliphatic rings. The summed E-state index contributed by atoms with van der Waals surface area (Å²) in [5, 5.41) is 0. The van der Waals surface area contributed by atoms with Crippen LogP contribution in [0.2, 0.25) is 0 Å². The third-order valence-corrected chi connectivity index (χ3v) is 3.95. The summed E-state index contributed by atoms with van der Waals surface area (Å²) in [6, 6.07) is 2.39. The smallest absolute Gasteiger partial charge is 0.159 e. The fourth-order valence-electron chi connectivity index (χ4n) is 2.36. The molecule has 0 aliphatic heterocycles. The van der Waals surface area contributed by atoms with Crippen molar-refractivity contribution in [2.24, 2.45) is 5.73 Å². The maximum absolute atomic E-state index is 13.2. The van der Waals surface area contributed by atoms with Crippen molar-refractivity contribution < 1.29 is 8.78 Å². The lowest BCUT2D eigenvalue weighted by atomic mass is 9.77. The van der Waals surface area contributed by atoms with E-state index in [-0.39, 0.29) is 0 Å². The molecule has 2 N–H and O–H groups in total. The first-order valence-corrected chi connectivity index (χ1v) is 6.26. The molecule has 1 saturated carbocycles. The maximum Gasteiger partial charge on any atom is 0.159 e. The third-order valence-electron chi connectivity index (χ3n) is 3.29. The Kier molecular flexibility index (Phi) is 3.31. The van der Waals surface area contributed by atoms with Gasteiger partial charge in [-0.2, -0.15) is 0 Å². The maximum atomic E-state index is 13.2. The lowest BCUT2D eigenvalue weighted by Crippen LogP contribution is -2.39. The van der Waals surface area contributed by atoms with Gasteiger partial charge in [0.25, 0.3) is 0 Å². The minimum absolute atomic E-state index is 0.508. The van der Waals surface area contributed by atoms with Crippen LogP contribution in [0.15, 0.2) is 16.6 Å². The Morgan fingerprint density at radius 3 is 2.25 bits per heavy atom. The molecule has 0 amide bonds. The molecule has 1 nitrogen and oxygen atoms in total. The summed E-state index contributed by atoms with van der Waals surface area (Å²) in [6.45, 7) is 0. The zero-order valence-electron chi connectivity index (χ0n) is 8.90. The van der Waals surface area contributed by atoms with Gasteiger partial charge in [-0.3, -0.25) is 0 Å². The molecule has 0 unspecified atom stereocenters. The number of nitrogens with two attached hydrogens (primary N) is 1. The summed E-state index contributed by atoms with van der Waals surface area (Å²) in [5.74, 6) is -1.66. The summed E-state index contributed by atoms with van der Waals surface area (Å²) in [4.78, 5) is 0. The Morgan fingerprint density at radius 2 is 1.62 bits per heavy atom. The van der Waals surface area contributed by atoms with Gasteiger partial charge in [-0.25, -0.2) is 8.78 Å². The van der Waals surface area contributed by atoms with Crippen LogP contribution in [0.25, 0.3) is 0 Å². The van der Waals surface area contributed by atoms with Gasteiger partial charge in [0, 0.05) is 10.0 Å². The van der Waals surface area contributed by atoms with Crippen molar-refractivity contribution in [2.45, 2.75) is 37.6 Å². The number of hydrogen-bond acceptors (Lipinski definition) is 1. The molecule has 1 aromatic carbocycles. The first-order chi connectivity index (χ1) is 7.53. The number of rotatable bonds is 1. The predicted octanol–water partition coefficient (Wildman–Crippen LogP) is 3.85. The number of benzene rings is 1. The standard InChI is InChI=1S/C12H14BrF2N/c13-9-7-11(15)10(14)6-8(9)12(16)4-2-1-3-5-12/h6-7H,1-5,16H2. The van der Waals surface area contributed by atoms with Crippen LogP contribution in [0.5, 0.6) is 0 Å². The Hall–Kier alpha value is -0.480. The Balaban J connectivity index is 2.42. The summed E-state index contributed by atoms with van der Waals surface area (Å²) < 4.78 is 26.8. The van der Waals surface area contributed by atoms with E-state index >= 15 is 0 Å². The monoisotopic (exact) mass is 289 g/mol. The van der Waals surface area contributed by atoms with Crippen LogP contribution in [-0.2, 0) is 5.54 Å². The molecule has 1 aromatic rings. The second-order valence-corrected chi connectivity index (χ2v) is 5.32. The van der Waals surface area contributed by atoms with Crippen molar-refractivity contribution in [3.63, 3.8) is 0 Å². The molecule has 0 bridgehead atoms. The van der Waals surface area contributed by atoms with E-state index in [1.807, 2.05) is 0 Å². The minimum atomic E-state index is -0.838. The molecule has 0 radical (unpaired) electrons. The number of hydrogen-bond donors (Lipinski definition) is 1. The quantitative estimate of drug-likeness (QED) is 0.781. The Labute approximate surface area is 102 Å². The van der Waals surface area contributed by atoms with E-state index in [9.17, 15) is 8.78 Å². The molecule has 0 saturated heterocycles. The van der Waals surface area contributed by atoms with Crippen molar-refractivity contribution >= 4 is 15.9 Å². The van der Waals surface area contributed by atoms with E-state index in [4.69, 9.17) is 5.73 Å². The summed E-state index contributed by atoms with van der Waals surface area (Å²) in [6.07, 6.45) is 4.91. The first-order valence-electron chi connectivity index (χ1n) is 5.47. The van der Waals surface area contributed by atoms with Gasteiger partial charge in [0.05, 0.1) is 0 Å². The molecule has 0 spiro atoms. The molecule has 0 atom stereocenters. The van der Waals surface area contributed by atoms with Crippen molar-refractivity contribution in [1.82, 2.24) is 0 Å². The van der Waals surface area contributed by atoms with E-state index < -0.39 is 17.2 Å². The SMILES string of the molecule is NC1(c2cc(F)c(F)cc2Br)CCCCC1. The van der Waals surface area contributed by atoms with Gasteiger partial charge in [-0.15, -0.1) is 0 Å². The largest absolute Gasteiger partial charge is 0.321 e. The van der Waals surface area contributed by atoms with Crippen LogP contribution in [0.3, 0.4) is 0 Å². The zero-order chi connectivity index (χ0) is 11.8. The highest BCUT2D eigenvalue weighted by Crippen LogP contribution is 2.38. The van der Waals surface area contributed by atoms with Crippen LogP contribution < -0.4 is 5.73 Å². The molecular weight excluding hydrogens is 276 g/mol. The van der Waals surface area contributed by atoms with Crippen LogP contribution >= 0.6 is 15.9 Å². The normalized spacial score (nSPS) is 19.8. The average molecular weight is 290 g/mol. The molecule has 1 fully saturated rings. The van der Waals surface area contributed by atoms with Crippen molar-refractivity contribution in [2.75, 3.05) is 0 Å². The molecule has 4 heteroatoms. The van der Waals surface area contributed by atoms with Gasteiger partial charge in [0.15, 0.2) is 11.6 Å². The second kappa shape index (κ2) is 4.41.